The van der Waals surface area contributed by atoms with Crippen molar-refractivity contribution in [2.24, 2.45) is 5.73 Å². The SMILES string of the molecule is CCC(NCCCCN)c1ccco1. The first-order valence-corrected chi connectivity index (χ1v) is 5.35. The molecule has 0 fully saturated rings. The highest BCUT2D eigenvalue weighted by atomic mass is 16.3. The van der Waals surface area contributed by atoms with Crippen molar-refractivity contribution in [2.75, 3.05) is 13.1 Å². The van der Waals surface area contributed by atoms with Crippen LogP contribution in [0.3, 0.4) is 0 Å². The molecule has 1 unspecified atom stereocenters. The monoisotopic (exact) mass is 196 g/mol. The van der Waals surface area contributed by atoms with Crippen molar-refractivity contribution in [1.29, 1.82) is 0 Å². The Kier molecular flexibility index (Phi) is 5.33. The number of hydrogen-bond acceptors (Lipinski definition) is 3. The maximum absolute atomic E-state index is 5.43. The minimum atomic E-state index is 0.350. The largest absolute Gasteiger partial charge is 0.468 e. The van der Waals surface area contributed by atoms with Crippen LogP contribution in [-0.2, 0) is 0 Å². The van der Waals surface area contributed by atoms with Crippen LogP contribution in [-0.4, -0.2) is 13.1 Å². The van der Waals surface area contributed by atoms with Gasteiger partial charge in [0, 0.05) is 0 Å². The first-order valence-electron chi connectivity index (χ1n) is 5.35. The van der Waals surface area contributed by atoms with Crippen molar-refractivity contribution >= 4 is 0 Å². The fraction of sp³-hybridized carbons (Fsp3) is 0.636. The van der Waals surface area contributed by atoms with Crippen molar-refractivity contribution < 1.29 is 4.42 Å². The molecule has 0 bridgehead atoms. The summed E-state index contributed by atoms with van der Waals surface area (Å²) in [4.78, 5) is 0. The second-order valence-electron chi connectivity index (χ2n) is 3.43. The summed E-state index contributed by atoms with van der Waals surface area (Å²) in [5, 5.41) is 3.46. The minimum Gasteiger partial charge on any atom is -0.468 e. The van der Waals surface area contributed by atoms with Crippen molar-refractivity contribution in [3.8, 4) is 0 Å². The van der Waals surface area contributed by atoms with Crippen molar-refractivity contribution in [3.63, 3.8) is 0 Å². The molecule has 3 heteroatoms. The summed E-state index contributed by atoms with van der Waals surface area (Å²) in [7, 11) is 0. The average molecular weight is 196 g/mol. The molecule has 0 aromatic carbocycles. The highest BCUT2D eigenvalue weighted by Crippen LogP contribution is 2.16. The molecule has 3 nitrogen and oxygen atoms in total. The molecular formula is C11H20N2O. The van der Waals surface area contributed by atoms with E-state index in [2.05, 4.69) is 12.2 Å². The van der Waals surface area contributed by atoms with E-state index in [9.17, 15) is 0 Å². The van der Waals surface area contributed by atoms with E-state index in [0.29, 0.717) is 6.04 Å². The van der Waals surface area contributed by atoms with Gasteiger partial charge in [-0.15, -0.1) is 0 Å². The van der Waals surface area contributed by atoms with Gasteiger partial charge in [0.1, 0.15) is 5.76 Å². The molecule has 1 aromatic heterocycles. The minimum absolute atomic E-state index is 0.350. The summed E-state index contributed by atoms with van der Waals surface area (Å²) in [6.07, 6.45) is 4.99. The van der Waals surface area contributed by atoms with Gasteiger partial charge in [-0.2, -0.15) is 0 Å². The Balaban J connectivity index is 2.26. The van der Waals surface area contributed by atoms with E-state index in [1.165, 1.54) is 0 Å². The second-order valence-corrected chi connectivity index (χ2v) is 3.43. The van der Waals surface area contributed by atoms with Gasteiger partial charge in [-0.25, -0.2) is 0 Å². The molecule has 0 spiro atoms. The molecule has 0 aliphatic heterocycles. The third-order valence-corrected chi connectivity index (χ3v) is 2.32. The van der Waals surface area contributed by atoms with Crippen molar-refractivity contribution in [2.45, 2.75) is 32.2 Å². The first kappa shape index (κ1) is 11.3. The van der Waals surface area contributed by atoms with E-state index < -0.39 is 0 Å². The molecule has 1 aromatic rings. The summed E-state index contributed by atoms with van der Waals surface area (Å²) >= 11 is 0. The van der Waals surface area contributed by atoms with E-state index in [1.807, 2.05) is 12.1 Å². The quantitative estimate of drug-likeness (QED) is 0.656. The number of nitrogens with one attached hydrogen (secondary N) is 1. The summed E-state index contributed by atoms with van der Waals surface area (Å²) in [6.45, 7) is 3.94. The van der Waals surface area contributed by atoms with Crippen LogP contribution in [0.1, 0.15) is 38.0 Å². The third kappa shape index (κ3) is 3.52. The van der Waals surface area contributed by atoms with E-state index in [-0.39, 0.29) is 0 Å². The van der Waals surface area contributed by atoms with E-state index in [1.54, 1.807) is 6.26 Å². The van der Waals surface area contributed by atoms with Gasteiger partial charge in [-0.3, -0.25) is 0 Å². The molecule has 0 aliphatic rings. The number of nitrogens with two attached hydrogens (primary N) is 1. The van der Waals surface area contributed by atoms with Crippen LogP contribution >= 0.6 is 0 Å². The Morgan fingerprint density at radius 1 is 1.50 bits per heavy atom. The Morgan fingerprint density at radius 2 is 2.36 bits per heavy atom. The lowest BCUT2D eigenvalue weighted by molar-refractivity contribution is 0.401. The number of unbranched alkanes of at least 4 members (excludes halogenated alkanes) is 1. The smallest absolute Gasteiger partial charge is 0.120 e. The van der Waals surface area contributed by atoms with Crippen LogP contribution in [0.15, 0.2) is 22.8 Å². The van der Waals surface area contributed by atoms with Crippen molar-refractivity contribution in [3.05, 3.63) is 24.2 Å². The zero-order valence-corrected chi connectivity index (χ0v) is 8.83. The van der Waals surface area contributed by atoms with E-state index in [0.717, 1.165) is 38.1 Å². The predicted molar refractivity (Wildman–Crippen MR) is 58.0 cm³/mol. The third-order valence-electron chi connectivity index (χ3n) is 2.32. The Labute approximate surface area is 85.7 Å². The highest BCUT2D eigenvalue weighted by molar-refractivity contribution is 5.03. The lowest BCUT2D eigenvalue weighted by atomic mass is 10.1. The normalized spacial score (nSPS) is 13.0. The van der Waals surface area contributed by atoms with Crippen molar-refractivity contribution in [1.82, 2.24) is 5.32 Å². The summed E-state index contributed by atoms with van der Waals surface area (Å²) in [5.41, 5.74) is 5.43. The average Bonchev–Trinajstić information content (AvgIpc) is 2.71. The molecule has 0 saturated carbocycles. The highest BCUT2D eigenvalue weighted by Gasteiger charge is 2.09. The summed E-state index contributed by atoms with van der Waals surface area (Å²) in [6, 6.07) is 4.30. The van der Waals surface area contributed by atoms with Gasteiger partial charge in [0.15, 0.2) is 0 Å². The lowest BCUT2D eigenvalue weighted by Gasteiger charge is -2.13. The zero-order valence-electron chi connectivity index (χ0n) is 8.83. The molecular weight excluding hydrogens is 176 g/mol. The topological polar surface area (TPSA) is 51.2 Å². The molecule has 1 atom stereocenters. The van der Waals surface area contributed by atoms with Crippen LogP contribution in [0.5, 0.6) is 0 Å². The van der Waals surface area contributed by atoms with Gasteiger partial charge in [0.05, 0.1) is 12.3 Å². The zero-order chi connectivity index (χ0) is 10.2. The Bertz CT molecular complexity index is 221. The fourth-order valence-electron chi connectivity index (χ4n) is 1.48. The maximum Gasteiger partial charge on any atom is 0.120 e. The molecule has 0 radical (unpaired) electrons. The first-order chi connectivity index (χ1) is 6.88. The number of furan rings is 1. The van der Waals surface area contributed by atoms with Crippen LogP contribution < -0.4 is 11.1 Å². The standard InChI is InChI=1S/C11H20N2O/c1-2-10(11-6-5-9-14-11)13-8-4-3-7-12/h5-6,9-10,13H,2-4,7-8,12H2,1H3. The Hall–Kier alpha value is -0.800. The number of hydrogen-bond donors (Lipinski definition) is 2. The molecule has 1 heterocycles. The van der Waals surface area contributed by atoms with Gasteiger partial charge < -0.3 is 15.5 Å². The summed E-state index contributed by atoms with van der Waals surface area (Å²) in [5.74, 6) is 1.03. The summed E-state index contributed by atoms with van der Waals surface area (Å²) < 4.78 is 5.36. The van der Waals surface area contributed by atoms with Gasteiger partial charge >= 0.3 is 0 Å². The predicted octanol–water partition coefficient (Wildman–Crippen LogP) is 2.06. The number of rotatable bonds is 7. The van der Waals surface area contributed by atoms with Crippen LogP contribution in [0, 0.1) is 0 Å². The molecule has 1 rings (SSSR count). The van der Waals surface area contributed by atoms with Crippen LogP contribution in [0.2, 0.25) is 0 Å². The van der Waals surface area contributed by atoms with E-state index in [4.69, 9.17) is 10.2 Å². The molecule has 0 amide bonds. The van der Waals surface area contributed by atoms with Crippen LogP contribution in [0.4, 0.5) is 0 Å². The maximum atomic E-state index is 5.43. The molecule has 14 heavy (non-hydrogen) atoms. The molecule has 0 saturated heterocycles. The van der Waals surface area contributed by atoms with Gasteiger partial charge in [0.2, 0.25) is 0 Å². The van der Waals surface area contributed by atoms with Crippen LogP contribution in [0.25, 0.3) is 0 Å². The second kappa shape index (κ2) is 6.62. The molecule has 80 valence electrons. The molecule has 0 aliphatic carbocycles. The van der Waals surface area contributed by atoms with E-state index >= 15 is 0 Å². The van der Waals surface area contributed by atoms with Gasteiger partial charge in [-0.1, -0.05) is 6.92 Å². The molecule has 3 N–H and O–H groups in total. The Morgan fingerprint density at radius 3 is 2.93 bits per heavy atom. The van der Waals surface area contributed by atoms with Gasteiger partial charge in [-0.05, 0) is 44.5 Å². The fourth-order valence-corrected chi connectivity index (χ4v) is 1.48. The lowest BCUT2D eigenvalue weighted by Crippen LogP contribution is -2.22. The van der Waals surface area contributed by atoms with Gasteiger partial charge in [0.25, 0.3) is 0 Å².